The Morgan fingerprint density at radius 2 is 2.12 bits per heavy atom. The van der Waals surface area contributed by atoms with Crippen molar-refractivity contribution >= 4 is 17.5 Å². The normalized spacial score (nSPS) is 17.8. The molecule has 1 aromatic carbocycles. The van der Waals surface area contributed by atoms with Crippen LogP contribution in [0.3, 0.4) is 0 Å². The van der Waals surface area contributed by atoms with Gasteiger partial charge in [0.05, 0.1) is 10.7 Å². The van der Waals surface area contributed by atoms with Crippen LogP contribution in [0, 0.1) is 12.8 Å². The smallest absolute Gasteiger partial charge is 0.271 e. The minimum atomic E-state index is -0.146. The van der Waals surface area contributed by atoms with Gasteiger partial charge in [0, 0.05) is 26.7 Å². The number of hydrogen-bond donors (Lipinski definition) is 1. The van der Waals surface area contributed by atoms with Crippen LogP contribution in [-0.2, 0) is 13.6 Å². The van der Waals surface area contributed by atoms with Crippen LogP contribution in [0.1, 0.15) is 34.6 Å². The van der Waals surface area contributed by atoms with Gasteiger partial charge in [-0.05, 0) is 37.8 Å². The number of aromatic nitrogens is 2. The Labute approximate surface area is 154 Å². The number of carbonyl (C=O) groups is 1. The molecular formula is C19H25ClN4O. The predicted molar refractivity (Wildman–Crippen MR) is 99.7 cm³/mol. The predicted octanol–water partition coefficient (Wildman–Crippen LogP) is 3.02. The molecule has 0 radical (unpaired) electrons. The van der Waals surface area contributed by atoms with Crippen LogP contribution in [0.4, 0.5) is 0 Å². The van der Waals surface area contributed by atoms with Crippen molar-refractivity contribution in [2.45, 2.75) is 26.3 Å². The molecule has 1 N–H and O–H groups in total. The average Bonchev–Trinajstić information content (AvgIpc) is 3.13. The third-order valence-electron chi connectivity index (χ3n) is 4.82. The first-order chi connectivity index (χ1) is 12.0. The van der Waals surface area contributed by atoms with E-state index in [0.717, 1.165) is 26.1 Å². The lowest BCUT2D eigenvalue weighted by molar-refractivity contribution is 0.0942. The standard InChI is InChI=1S/C19H25ClN4O/c1-14-17(20)18(23(2)22-14)19(25)21-10-8-16-9-11-24(13-16)12-15-6-4-3-5-7-15/h3-7,16H,8-13H2,1-2H3,(H,21,25)/t16-/m0/s1. The van der Waals surface area contributed by atoms with Gasteiger partial charge in [0.15, 0.2) is 0 Å². The third-order valence-corrected chi connectivity index (χ3v) is 5.27. The van der Waals surface area contributed by atoms with Gasteiger partial charge < -0.3 is 5.32 Å². The summed E-state index contributed by atoms with van der Waals surface area (Å²) in [4.78, 5) is 14.8. The van der Waals surface area contributed by atoms with E-state index >= 15 is 0 Å². The lowest BCUT2D eigenvalue weighted by Gasteiger charge is -2.16. The number of benzene rings is 1. The van der Waals surface area contributed by atoms with Crippen LogP contribution in [0.15, 0.2) is 30.3 Å². The Hall–Kier alpha value is -1.85. The second kappa shape index (κ2) is 8.02. The molecule has 2 aromatic rings. The minimum absolute atomic E-state index is 0.146. The molecule has 0 bridgehead atoms. The number of carbonyl (C=O) groups excluding carboxylic acids is 1. The van der Waals surface area contributed by atoms with E-state index < -0.39 is 0 Å². The van der Waals surface area contributed by atoms with Crippen molar-refractivity contribution in [3.8, 4) is 0 Å². The van der Waals surface area contributed by atoms with Crippen molar-refractivity contribution in [2.75, 3.05) is 19.6 Å². The van der Waals surface area contributed by atoms with Crippen LogP contribution in [0.25, 0.3) is 0 Å². The lowest BCUT2D eigenvalue weighted by Crippen LogP contribution is -2.28. The summed E-state index contributed by atoms with van der Waals surface area (Å²) in [5.41, 5.74) is 2.48. The number of nitrogens with one attached hydrogen (secondary N) is 1. The fourth-order valence-corrected chi connectivity index (χ4v) is 3.73. The van der Waals surface area contributed by atoms with Crippen molar-refractivity contribution < 1.29 is 4.79 Å². The number of halogens is 1. The Kier molecular flexibility index (Phi) is 5.76. The van der Waals surface area contributed by atoms with Gasteiger partial charge in [0.1, 0.15) is 5.69 Å². The van der Waals surface area contributed by atoms with Crippen LogP contribution in [0.5, 0.6) is 0 Å². The number of aryl methyl sites for hydroxylation is 2. The zero-order valence-corrected chi connectivity index (χ0v) is 15.6. The van der Waals surface area contributed by atoms with Gasteiger partial charge in [-0.2, -0.15) is 5.10 Å². The zero-order chi connectivity index (χ0) is 17.8. The maximum absolute atomic E-state index is 12.3. The molecule has 1 fully saturated rings. The number of amides is 1. The van der Waals surface area contributed by atoms with E-state index in [0.29, 0.717) is 28.9 Å². The summed E-state index contributed by atoms with van der Waals surface area (Å²) in [6.07, 6.45) is 2.18. The fourth-order valence-electron chi connectivity index (χ4n) is 3.49. The van der Waals surface area contributed by atoms with E-state index in [1.807, 2.05) is 0 Å². The van der Waals surface area contributed by atoms with Crippen molar-refractivity contribution in [3.63, 3.8) is 0 Å². The van der Waals surface area contributed by atoms with E-state index in [9.17, 15) is 4.79 Å². The second-order valence-electron chi connectivity index (χ2n) is 6.79. The van der Waals surface area contributed by atoms with Crippen molar-refractivity contribution in [2.24, 2.45) is 13.0 Å². The van der Waals surface area contributed by atoms with E-state index in [1.54, 1.807) is 18.7 Å². The first-order valence-corrected chi connectivity index (χ1v) is 9.16. The first kappa shape index (κ1) is 18.0. The quantitative estimate of drug-likeness (QED) is 0.861. The van der Waals surface area contributed by atoms with Gasteiger partial charge in [0.25, 0.3) is 5.91 Å². The van der Waals surface area contributed by atoms with Crippen LogP contribution in [0.2, 0.25) is 5.02 Å². The fraction of sp³-hybridized carbons (Fsp3) is 0.474. The summed E-state index contributed by atoms with van der Waals surface area (Å²) in [5.74, 6) is 0.486. The highest BCUT2D eigenvalue weighted by Crippen LogP contribution is 2.22. The molecule has 134 valence electrons. The Balaban J connectivity index is 1.43. The molecule has 25 heavy (non-hydrogen) atoms. The second-order valence-corrected chi connectivity index (χ2v) is 7.17. The molecule has 1 aromatic heterocycles. The third kappa shape index (κ3) is 4.41. The first-order valence-electron chi connectivity index (χ1n) is 8.78. The molecular weight excluding hydrogens is 336 g/mol. The summed E-state index contributed by atoms with van der Waals surface area (Å²) < 4.78 is 1.55. The monoisotopic (exact) mass is 360 g/mol. The molecule has 1 atom stereocenters. The largest absolute Gasteiger partial charge is 0.351 e. The summed E-state index contributed by atoms with van der Waals surface area (Å²) in [7, 11) is 1.74. The van der Waals surface area contributed by atoms with Crippen LogP contribution in [-0.4, -0.2) is 40.2 Å². The highest BCUT2D eigenvalue weighted by Gasteiger charge is 2.23. The molecule has 3 rings (SSSR count). The molecule has 0 unspecified atom stereocenters. The maximum atomic E-state index is 12.3. The van der Waals surface area contributed by atoms with Gasteiger partial charge in [-0.3, -0.25) is 14.4 Å². The van der Waals surface area contributed by atoms with Crippen molar-refractivity contribution in [1.82, 2.24) is 20.0 Å². The summed E-state index contributed by atoms with van der Waals surface area (Å²) in [6, 6.07) is 10.6. The van der Waals surface area contributed by atoms with Gasteiger partial charge >= 0.3 is 0 Å². The Morgan fingerprint density at radius 3 is 2.80 bits per heavy atom. The number of hydrogen-bond acceptors (Lipinski definition) is 3. The van der Waals surface area contributed by atoms with Crippen molar-refractivity contribution in [1.29, 1.82) is 0 Å². The van der Waals surface area contributed by atoms with Crippen molar-refractivity contribution in [3.05, 3.63) is 52.3 Å². The van der Waals surface area contributed by atoms with Gasteiger partial charge in [-0.15, -0.1) is 0 Å². The molecule has 5 nitrogen and oxygen atoms in total. The summed E-state index contributed by atoms with van der Waals surface area (Å²) in [5, 5.41) is 7.61. The highest BCUT2D eigenvalue weighted by molar-refractivity contribution is 6.34. The summed E-state index contributed by atoms with van der Waals surface area (Å²) >= 11 is 6.16. The van der Waals surface area contributed by atoms with Crippen LogP contribution < -0.4 is 5.32 Å². The SMILES string of the molecule is Cc1nn(C)c(C(=O)NCC[C@H]2CCN(Cc3ccccc3)C2)c1Cl. The number of nitrogens with zero attached hydrogens (tertiary/aromatic N) is 3. The Bertz CT molecular complexity index is 729. The molecule has 1 aliphatic rings. The minimum Gasteiger partial charge on any atom is -0.351 e. The molecule has 1 saturated heterocycles. The zero-order valence-electron chi connectivity index (χ0n) is 14.8. The molecule has 2 heterocycles. The topological polar surface area (TPSA) is 50.2 Å². The van der Waals surface area contributed by atoms with Gasteiger partial charge in [-0.25, -0.2) is 0 Å². The van der Waals surface area contributed by atoms with E-state index in [2.05, 4.69) is 45.6 Å². The van der Waals surface area contributed by atoms with E-state index in [4.69, 9.17) is 11.6 Å². The maximum Gasteiger partial charge on any atom is 0.271 e. The molecule has 0 spiro atoms. The Morgan fingerprint density at radius 1 is 1.36 bits per heavy atom. The van der Waals surface area contributed by atoms with Gasteiger partial charge in [0.2, 0.25) is 0 Å². The highest BCUT2D eigenvalue weighted by atomic mass is 35.5. The van der Waals surface area contributed by atoms with E-state index in [-0.39, 0.29) is 5.91 Å². The molecule has 0 saturated carbocycles. The lowest BCUT2D eigenvalue weighted by atomic mass is 10.1. The molecule has 1 amide bonds. The number of rotatable bonds is 6. The number of likely N-dealkylation sites (tertiary alicyclic amines) is 1. The van der Waals surface area contributed by atoms with Gasteiger partial charge in [-0.1, -0.05) is 41.9 Å². The molecule has 0 aliphatic carbocycles. The molecule has 1 aliphatic heterocycles. The average molecular weight is 361 g/mol. The van der Waals surface area contributed by atoms with Crippen LogP contribution >= 0.6 is 11.6 Å². The molecule has 6 heteroatoms. The van der Waals surface area contributed by atoms with E-state index in [1.165, 1.54) is 12.0 Å². The summed E-state index contributed by atoms with van der Waals surface area (Å²) in [6.45, 7) is 5.70.